The standard InChI is InChI=1S/C21H28FN5O2S/c1-12(2)27-10-9-19(25-27)30(23,29)26-21(28)24-20-16-6-4-5-15(16)18(22)11-17(20)13(3)14-7-8-14/h9-14H,4-8H2,1-3H3,(H3,23,24,26,28,29). The maximum absolute atomic E-state index is 14.7. The van der Waals surface area contributed by atoms with Crippen molar-refractivity contribution in [3.05, 3.63) is 40.8 Å². The number of urea groups is 1. The molecule has 0 aliphatic heterocycles. The summed E-state index contributed by atoms with van der Waals surface area (Å²) in [6.45, 7) is 5.89. The van der Waals surface area contributed by atoms with Crippen molar-refractivity contribution in [3.63, 3.8) is 0 Å². The van der Waals surface area contributed by atoms with Gasteiger partial charge in [0.05, 0.1) is 0 Å². The van der Waals surface area contributed by atoms with Crippen molar-refractivity contribution >= 4 is 21.6 Å². The highest BCUT2D eigenvalue weighted by Gasteiger charge is 2.33. The van der Waals surface area contributed by atoms with Crippen molar-refractivity contribution in [3.8, 4) is 0 Å². The summed E-state index contributed by atoms with van der Waals surface area (Å²) < 4.78 is 39.5. The summed E-state index contributed by atoms with van der Waals surface area (Å²) in [7, 11) is -3.62. The third kappa shape index (κ3) is 3.95. The Morgan fingerprint density at radius 1 is 1.30 bits per heavy atom. The van der Waals surface area contributed by atoms with Gasteiger partial charge in [-0.3, -0.25) is 4.68 Å². The summed E-state index contributed by atoms with van der Waals surface area (Å²) in [5, 5.41) is 6.96. The molecule has 1 aromatic carbocycles. The van der Waals surface area contributed by atoms with Crippen LogP contribution in [0, 0.1) is 16.5 Å². The van der Waals surface area contributed by atoms with Crippen LogP contribution in [0.2, 0.25) is 0 Å². The molecule has 0 radical (unpaired) electrons. The van der Waals surface area contributed by atoms with Crippen LogP contribution in [-0.2, 0) is 22.8 Å². The fourth-order valence-corrected chi connectivity index (χ4v) is 5.07. The Balaban J connectivity index is 1.60. The van der Waals surface area contributed by atoms with Crippen molar-refractivity contribution in [1.29, 1.82) is 4.78 Å². The highest BCUT2D eigenvalue weighted by Crippen LogP contribution is 2.46. The second-order valence-corrected chi connectivity index (χ2v) is 10.3. The van der Waals surface area contributed by atoms with Gasteiger partial charge in [-0.15, -0.1) is 0 Å². The van der Waals surface area contributed by atoms with Gasteiger partial charge in [-0.2, -0.15) is 5.10 Å². The van der Waals surface area contributed by atoms with Gasteiger partial charge in [0, 0.05) is 17.9 Å². The molecule has 2 aliphatic carbocycles. The first-order valence-corrected chi connectivity index (χ1v) is 12.0. The largest absolute Gasteiger partial charge is 0.332 e. The lowest BCUT2D eigenvalue weighted by molar-refractivity contribution is 0.256. The van der Waals surface area contributed by atoms with Crippen LogP contribution in [0.1, 0.15) is 68.7 Å². The first-order valence-electron chi connectivity index (χ1n) is 10.4. The Morgan fingerprint density at radius 3 is 2.63 bits per heavy atom. The second-order valence-electron chi connectivity index (χ2n) is 8.60. The van der Waals surface area contributed by atoms with Gasteiger partial charge in [-0.1, -0.05) is 6.92 Å². The number of hydrogen-bond acceptors (Lipinski definition) is 4. The van der Waals surface area contributed by atoms with Crippen LogP contribution in [0.5, 0.6) is 0 Å². The molecule has 2 unspecified atom stereocenters. The average Bonchev–Trinajstić information content (AvgIpc) is 3.18. The Hall–Kier alpha value is -2.42. The average molecular weight is 434 g/mol. The van der Waals surface area contributed by atoms with Crippen LogP contribution in [0.3, 0.4) is 0 Å². The van der Waals surface area contributed by atoms with Crippen molar-refractivity contribution in [2.24, 2.45) is 5.92 Å². The molecule has 3 N–H and O–H groups in total. The fourth-order valence-electron chi connectivity index (χ4n) is 4.19. The number of nitrogens with zero attached hydrogens (tertiary/aromatic N) is 2. The summed E-state index contributed by atoms with van der Waals surface area (Å²) >= 11 is 0. The van der Waals surface area contributed by atoms with Gasteiger partial charge in [0.15, 0.2) is 14.9 Å². The number of carbonyl (C=O) groups is 1. The van der Waals surface area contributed by atoms with Crippen molar-refractivity contribution in [2.75, 3.05) is 5.32 Å². The molecule has 162 valence electrons. The number of aromatic nitrogens is 2. The van der Waals surface area contributed by atoms with Crippen LogP contribution < -0.4 is 10.0 Å². The van der Waals surface area contributed by atoms with E-state index >= 15 is 0 Å². The molecule has 1 fully saturated rings. The molecule has 4 rings (SSSR count). The molecule has 1 heterocycles. The number of benzene rings is 1. The fraction of sp³-hybridized carbons (Fsp3) is 0.524. The third-order valence-electron chi connectivity index (χ3n) is 6.08. The molecular weight excluding hydrogens is 405 g/mol. The number of anilines is 1. The smallest absolute Gasteiger partial charge is 0.307 e. The lowest BCUT2D eigenvalue weighted by Gasteiger charge is -2.21. The molecule has 1 aromatic heterocycles. The number of carbonyl (C=O) groups excluding carboxylic acids is 1. The maximum atomic E-state index is 14.7. The Kier molecular flexibility index (Phi) is 5.34. The molecule has 2 atom stereocenters. The first kappa shape index (κ1) is 20.8. The van der Waals surface area contributed by atoms with E-state index in [4.69, 9.17) is 4.78 Å². The molecule has 7 nitrogen and oxygen atoms in total. The predicted octanol–water partition coefficient (Wildman–Crippen LogP) is 4.75. The first-order chi connectivity index (χ1) is 14.2. The summed E-state index contributed by atoms with van der Waals surface area (Å²) in [6.07, 6.45) is 6.02. The van der Waals surface area contributed by atoms with E-state index in [1.807, 2.05) is 13.8 Å². The number of rotatable bonds is 6. The van der Waals surface area contributed by atoms with Gasteiger partial charge < -0.3 is 5.32 Å². The number of fused-ring (bicyclic) bond motifs is 1. The molecular formula is C21H28FN5O2S. The minimum Gasteiger partial charge on any atom is -0.307 e. The van der Waals surface area contributed by atoms with E-state index < -0.39 is 15.9 Å². The Bertz CT molecular complexity index is 1090. The highest BCUT2D eigenvalue weighted by molar-refractivity contribution is 7.91. The van der Waals surface area contributed by atoms with Crippen LogP contribution in [0.25, 0.3) is 0 Å². The maximum Gasteiger partial charge on any atom is 0.332 e. The third-order valence-corrected chi connectivity index (χ3v) is 7.36. The highest BCUT2D eigenvalue weighted by atomic mass is 32.2. The van der Waals surface area contributed by atoms with E-state index in [0.717, 1.165) is 30.4 Å². The van der Waals surface area contributed by atoms with Crippen LogP contribution in [0.15, 0.2) is 23.4 Å². The molecule has 0 bridgehead atoms. The van der Waals surface area contributed by atoms with Crippen molar-refractivity contribution in [2.45, 2.75) is 69.9 Å². The van der Waals surface area contributed by atoms with Crippen LogP contribution in [0.4, 0.5) is 14.9 Å². The summed E-state index contributed by atoms with van der Waals surface area (Å²) in [5.41, 5.74) is 2.88. The molecule has 1 saturated carbocycles. The predicted molar refractivity (Wildman–Crippen MR) is 113 cm³/mol. The number of nitrogens with one attached hydrogen (secondary N) is 3. The zero-order valence-corrected chi connectivity index (χ0v) is 18.3. The number of halogens is 1. The van der Waals surface area contributed by atoms with E-state index in [0.29, 0.717) is 30.0 Å². The van der Waals surface area contributed by atoms with Crippen LogP contribution in [-0.4, -0.2) is 20.0 Å². The van der Waals surface area contributed by atoms with E-state index in [-0.39, 0.29) is 22.8 Å². The second kappa shape index (κ2) is 7.68. The van der Waals surface area contributed by atoms with E-state index in [1.54, 1.807) is 16.9 Å². The van der Waals surface area contributed by atoms with Gasteiger partial charge >= 0.3 is 6.03 Å². The van der Waals surface area contributed by atoms with Gasteiger partial charge in [0.1, 0.15) is 5.82 Å². The van der Waals surface area contributed by atoms with Gasteiger partial charge in [0.2, 0.25) is 0 Å². The molecule has 9 heteroatoms. The summed E-state index contributed by atoms with van der Waals surface area (Å²) in [6, 6.07) is 2.34. The van der Waals surface area contributed by atoms with Gasteiger partial charge in [-0.05, 0) is 86.6 Å². The van der Waals surface area contributed by atoms with E-state index in [1.165, 1.54) is 6.07 Å². The molecule has 30 heavy (non-hydrogen) atoms. The minimum absolute atomic E-state index is 0.00209. The quantitative estimate of drug-likeness (QED) is 0.613. The SMILES string of the molecule is CC(c1cc(F)c2c(c1NC(=O)NS(=N)(=O)c1ccn(C(C)C)n1)CCC2)C1CC1. The Morgan fingerprint density at radius 2 is 2.00 bits per heavy atom. The lowest BCUT2D eigenvalue weighted by Crippen LogP contribution is -2.34. The zero-order chi connectivity index (χ0) is 21.6. The van der Waals surface area contributed by atoms with E-state index in [9.17, 15) is 13.4 Å². The monoisotopic (exact) mass is 433 g/mol. The van der Waals surface area contributed by atoms with Crippen molar-refractivity contribution < 1.29 is 13.4 Å². The minimum atomic E-state index is -3.62. The number of hydrogen-bond donors (Lipinski definition) is 3. The molecule has 0 saturated heterocycles. The van der Waals surface area contributed by atoms with E-state index in [2.05, 4.69) is 22.1 Å². The topological polar surface area (TPSA) is 99.9 Å². The lowest BCUT2D eigenvalue weighted by atomic mass is 9.90. The molecule has 2 aliphatic rings. The van der Waals surface area contributed by atoms with Crippen molar-refractivity contribution in [1.82, 2.24) is 14.5 Å². The number of amides is 2. The van der Waals surface area contributed by atoms with Gasteiger partial charge in [0.25, 0.3) is 0 Å². The molecule has 2 amide bonds. The van der Waals surface area contributed by atoms with Crippen LogP contribution >= 0.6 is 0 Å². The molecule has 2 aromatic rings. The van der Waals surface area contributed by atoms with Gasteiger partial charge in [-0.25, -0.2) is 22.9 Å². The molecule has 0 spiro atoms. The summed E-state index contributed by atoms with van der Waals surface area (Å²) in [5.74, 6) is 0.412. The summed E-state index contributed by atoms with van der Waals surface area (Å²) in [4.78, 5) is 12.7. The zero-order valence-electron chi connectivity index (χ0n) is 17.5. The normalized spacial score (nSPS) is 18.7. The Labute approximate surface area is 176 Å².